The van der Waals surface area contributed by atoms with Gasteiger partial charge >= 0.3 is 0 Å². The van der Waals surface area contributed by atoms with E-state index in [1.165, 1.54) is 31.0 Å². The minimum absolute atomic E-state index is 0.107. The van der Waals surface area contributed by atoms with E-state index in [1.54, 1.807) is 0 Å². The van der Waals surface area contributed by atoms with Crippen LogP contribution >= 0.6 is 11.8 Å². The van der Waals surface area contributed by atoms with Gasteiger partial charge < -0.3 is 9.88 Å². The van der Waals surface area contributed by atoms with Crippen molar-refractivity contribution in [2.75, 3.05) is 5.75 Å². The number of fused-ring (bicyclic) bond motifs is 1. The maximum Gasteiger partial charge on any atom is 0.230 e. The van der Waals surface area contributed by atoms with Crippen LogP contribution in [0.3, 0.4) is 0 Å². The van der Waals surface area contributed by atoms with Crippen molar-refractivity contribution in [3.05, 3.63) is 36.9 Å². The summed E-state index contributed by atoms with van der Waals surface area (Å²) in [5, 5.41) is 4.08. The zero-order valence-corrected chi connectivity index (χ0v) is 15.0. The molecule has 1 aliphatic carbocycles. The number of amides is 1. The molecule has 0 radical (unpaired) electrons. The molecule has 4 nitrogen and oxygen atoms in total. The number of hydrogen-bond acceptors (Lipinski definition) is 3. The van der Waals surface area contributed by atoms with Gasteiger partial charge in [0.15, 0.2) is 5.16 Å². The molecule has 2 aromatic rings. The van der Waals surface area contributed by atoms with Crippen molar-refractivity contribution in [1.29, 1.82) is 0 Å². The molecule has 5 heteroatoms. The highest BCUT2D eigenvalue weighted by atomic mass is 32.2. The fraction of sp³-hybridized carbons (Fsp3) is 0.474. The summed E-state index contributed by atoms with van der Waals surface area (Å²) in [7, 11) is 0. The number of hydrogen-bond donors (Lipinski definition) is 1. The van der Waals surface area contributed by atoms with Gasteiger partial charge in [0.05, 0.1) is 16.8 Å². The van der Waals surface area contributed by atoms with E-state index in [0.717, 1.165) is 22.6 Å². The molecule has 0 saturated heterocycles. The van der Waals surface area contributed by atoms with E-state index in [1.807, 2.05) is 24.3 Å². The van der Waals surface area contributed by atoms with Gasteiger partial charge in [0.1, 0.15) is 0 Å². The van der Waals surface area contributed by atoms with Gasteiger partial charge in [-0.2, -0.15) is 0 Å². The van der Waals surface area contributed by atoms with E-state index in [9.17, 15) is 4.79 Å². The molecule has 1 amide bonds. The minimum Gasteiger partial charge on any atom is -0.352 e. The lowest BCUT2D eigenvalue weighted by molar-refractivity contribution is -0.119. The lowest BCUT2D eigenvalue weighted by atomic mass is 9.86. The molecule has 3 rings (SSSR count). The Labute approximate surface area is 147 Å². The molecule has 1 N–H and O–H groups in total. The maximum absolute atomic E-state index is 12.3. The summed E-state index contributed by atoms with van der Waals surface area (Å²) in [6.45, 7) is 6.76. The second kappa shape index (κ2) is 7.88. The zero-order valence-electron chi connectivity index (χ0n) is 14.2. The quantitative estimate of drug-likeness (QED) is 0.637. The molecular weight excluding hydrogens is 318 g/mol. The van der Waals surface area contributed by atoms with Crippen LogP contribution < -0.4 is 5.32 Å². The third kappa shape index (κ3) is 3.83. The van der Waals surface area contributed by atoms with Crippen LogP contribution in [0.4, 0.5) is 0 Å². The van der Waals surface area contributed by atoms with Crippen LogP contribution in [-0.2, 0) is 11.3 Å². The van der Waals surface area contributed by atoms with Crippen molar-refractivity contribution < 1.29 is 4.79 Å². The molecule has 128 valence electrons. The number of nitrogens with one attached hydrogen (secondary N) is 1. The molecule has 1 aliphatic rings. The van der Waals surface area contributed by atoms with E-state index in [4.69, 9.17) is 0 Å². The van der Waals surface area contributed by atoms with Crippen molar-refractivity contribution in [3.63, 3.8) is 0 Å². The van der Waals surface area contributed by atoms with E-state index < -0.39 is 0 Å². The van der Waals surface area contributed by atoms with Gasteiger partial charge in [0.2, 0.25) is 5.91 Å². The van der Waals surface area contributed by atoms with Crippen molar-refractivity contribution in [2.24, 2.45) is 5.92 Å². The highest BCUT2D eigenvalue weighted by molar-refractivity contribution is 7.99. The summed E-state index contributed by atoms with van der Waals surface area (Å²) >= 11 is 1.50. The van der Waals surface area contributed by atoms with Gasteiger partial charge in [-0.1, -0.05) is 49.7 Å². The van der Waals surface area contributed by atoms with Crippen LogP contribution in [0.25, 0.3) is 11.0 Å². The third-order valence-corrected chi connectivity index (χ3v) is 5.70. The van der Waals surface area contributed by atoms with Crippen molar-refractivity contribution in [2.45, 2.75) is 50.4 Å². The highest BCUT2D eigenvalue weighted by Gasteiger charge is 2.23. The van der Waals surface area contributed by atoms with E-state index in [2.05, 4.69) is 34.4 Å². The number of carbonyl (C=O) groups is 1. The Morgan fingerprint density at radius 2 is 2.21 bits per heavy atom. The SMILES string of the molecule is C=CCn1c(SCC(=O)N[C@@H]2CCCC[C@H]2C)nc2ccccc21. The molecule has 1 saturated carbocycles. The number of thioether (sulfide) groups is 1. The van der Waals surface area contributed by atoms with E-state index >= 15 is 0 Å². The third-order valence-electron chi connectivity index (χ3n) is 4.72. The van der Waals surface area contributed by atoms with E-state index in [-0.39, 0.29) is 5.91 Å². The Morgan fingerprint density at radius 3 is 3.00 bits per heavy atom. The number of benzene rings is 1. The molecule has 1 fully saturated rings. The van der Waals surface area contributed by atoms with Gasteiger partial charge in [0.25, 0.3) is 0 Å². The van der Waals surface area contributed by atoms with Gasteiger partial charge in [-0.3, -0.25) is 4.79 Å². The smallest absolute Gasteiger partial charge is 0.230 e. The molecule has 0 bridgehead atoms. The lowest BCUT2D eigenvalue weighted by Gasteiger charge is -2.29. The zero-order chi connectivity index (χ0) is 16.9. The number of para-hydroxylation sites is 2. The fourth-order valence-electron chi connectivity index (χ4n) is 3.38. The lowest BCUT2D eigenvalue weighted by Crippen LogP contribution is -2.41. The van der Waals surface area contributed by atoms with E-state index in [0.29, 0.717) is 24.3 Å². The van der Waals surface area contributed by atoms with Gasteiger partial charge in [0, 0.05) is 12.6 Å². The molecule has 2 atom stereocenters. The van der Waals surface area contributed by atoms with Gasteiger partial charge in [-0.15, -0.1) is 6.58 Å². The number of imidazole rings is 1. The first-order valence-electron chi connectivity index (χ1n) is 8.67. The summed E-state index contributed by atoms with van der Waals surface area (Å²) in [6.07, 6.45) is 6.69. The molecule has 1 heterocycles. The second-order valence-electron chi connectivity index (χ2n) is 6.51. The van der Waals surface area contributed by atoms with Crippen LogP contribution in [0.1, 0.15) is 32.6 Å². The average molecular weight is 343 g/mol. The summed E-state index contributed by atoms with van der Waals surface area (Å²) in [4.78, 5) is 17.0. The summed E-state index contributed by atoms with van der Waals surface area (Å²) in [5.41, 5.74) is 2.05. The number of nitrogens with zero attached hydrogens (tertiary/aromatic N) is 2. The Kier molecular flexibility index (Phi) is 5.61. The number of rotatable bonds is 6. The topological polar surface area (TPSA) is 46.9 Å². The van der Waals surface area contributed by atoms with Crippen molar-refractivity contribution in [3.8, 4) is 0 Å². The number of aromatic nitrogens is 2. The summed E-state index contributed by atoms with van der Waals surface area (Å²) in [6, 6.07) is 8.38. The van der Waals surface area contributed by atoms with Crippen molar-refractivity contribution >= 4 is 28.7 Å². The standard InChI is InChI=1S/C19H25N3OS/c1-3-12-22-17-11-7-6-10-16(17)21-19(22)24-13-18(23)20-15-9-5-4-8-14(15)2/h3,6-7,10-11,14-15H,1,4-5,8-9,12-13H2,2H3,(H,20,23)/t14-,15-/m1/s1. The largest absolute Gasteiger partial charge is 0.352 e. The second-order valence-corrected chi connectivity index (χ2v) is 7.45. The predicted octanol–water partition coefficient (Wildman–Crippen LogP) is 4.01. The Bertz CT molecular complexity index is 724. The molecular formula is C19H25N3OS. The summed E-state index contributed by atoms with van der Waals surface area (Å²) < 4.78 is 2.11. The van der Waals surface area contributed by atoms with Crippen molar-refractivity contribution in [1.82, 2.24) is 14.9 Å². The molecule has 24 heavy (non-hydrogen) atoms. The predicted molar refractivity (Wildman–Crippen MR) is 100 cm³/mol. The first-order valence-corrected chi connectivity index (χ1v) is 9.66. The Balaban J connectivity index is 1.65. The first-order chi connectivity index (χ1) is 11.7. The van der Waals surface area contributed by atoms with Gasteiger partial charge in [-0.25, -0.2) is 4.98 Å². The monoisotopic (exact) mass is 343 g/mol. The molecule has 1 aromatic carbocycles. The van der Waals surface area contributed by atoms with Crippen LogP contribution in [-0.4, -0.2) is 27.3 Å². The Morgan fingerprint density at radius 1 is 1.42 bits per heavy atom. The fourth-order valence-corrected chi connectivity index (χ4v) is 4.21. The molecule has 0 spiro atoms. The number of allylic oxidation sites excluding steroid dienone is 1. The number of carbonyl (C=O) groups excluding carboxylic acids is 1. The highest BCUT2D eigenvalue weighted by Crippen LogP contribution is 2.26. The normalized spacial score (nSPS) is 20.9. The van der Waals surface area contributed by atoms with Gasteiger partial charge in [-0.05, 0) is 30.9 Å². The summed E-state index contributed by atoms with van der Waals surface area (Å²) in [5.74, 6) is 1.10. The average Bonchev–Trinajstić information content (AvgIpc) is 2.93. The Hall–Kier alpha value is -1.75. The van der Waals surface area contributed by atoms with Crippen LogP contribution in [0, 0.1) is 5.92 Å². The minimum atomic E-state index is 0.107. The molecule has 0 aliphatic heterocycles. The van der Waals surface area contributed by atoms with Crippen LogP contribution in [0.5, 0.6) is 0 Å². The first kappa shape index (κ1) is 17.1. The molecule has 1 aromatic heterocycles. The van der Waals surface area contributed by atoms with Crippen LogP contribution in [0.15, 0.2) is 42.1 Å². The molecule has 0 unspecified atom stereocenters. The maximum atomic E-state index is 12.3. The van der Waals surface area contributed by atoms with Crippen LogP contribution in [0.2, 0.25) is 0 Å².